The summed E-state index contributed by atoms with van der Waals surface area (Å²) in [5.41, 5.74) is 0. The first-order valence-corrected chi connectivity index (χ1v) is 5.13. The van der Waals surface area contributed by atoms with Crippen molar-refractivity contribution in [3.8, 4) is 0 Å². The fourth-order valence-electron chi connectivity index (χ4n) is 0.747. The molecule has 0 aliphatic rings. The molecule has 1 aromatic rings. The van der Waals surface area contributed by atoms with Crippen LogP contribution in [0.3, 0.4) is 0 Å². The number of halogens is 1. The molecule has 0 atom stereocenters. The highest BCUT2D eigenvalue weighted by Gasteiger charge is 2.17. The van der Waals surface area contributed by atoms with Gasteiger partial charge in [0, 0.05) is 7.05 Å². The summed E-state index contributed by atoms with van der Waals surface area (Å²) < 4.78 is 37.3. The van der Waals surface area contributed by atoms with Crippen molar-refractivity contribution in [2.45, 2.75) is 5.16 Å². The van der Waals surface area contributed by atoms with Crippen molar-refractivity contribution in [1.82, 2.24) is 14.7 Å². The minimum Gasteiger partial charge on any atom is -0.371 e. The predicted octanol–water partition coefficient (Wildman–Crippen LogP) is -0.435. The molecule has 0 aliphatic carbocycles. The van der Waals surface area contributed by atoms with Crippen LogP contribution in [0, 0.1) is 5.82 Å². The highest BCUT2D eigenvalue weighted by atomic mass is 32.2. The van der Waals surface area contributed by atoms with Gasteiger partial charge in [-0.15, -0.1) is 0 Å². The number of anilines is 1. The van der Waals surface area contributed by atoms with E-state index < -0.39 is 21.0 Å². The Morgan fingerprint density at radius 2 is 2.07 bits per heavy atom. The summed E-state index contributed by atoms with van der Waals surface area (Å²) in [5, 5.41) is 1.95. The zero-order chi connectivity index (χ0) is 10.8. The van der Waals surface area contributed by atoms with Crippen LogP contribution in [-0.4, -0.2) is 32.5 Å². The van der Waals surface area contributed by atoms with E-state index in [9.17, 15) is 12.8 Å². The Morgan fingerprint density at radius 1 is 1.43 bits per heavy atom. The summed E-state index contributed by atoms with van der Waals surface area (Å²) in [6.45, 7) is 0. The lowest BCUT2D eigenvalue weighted by molar-refractivity contribution is 0.571. The smallest absolute Gasteiger partial charge is 0.276 e. The number of nitrogens with one attached hydrogen (secondary N) is 2. The maximum absolute atomic E-state index is 12.9. The molecule has 6 nitrogen and oxygen atoms in total. The molecule has 0 aliphatic heterocycles. The van der Waals surface area contributed by atoms with Gasteiger partial charge < -0.3 is 5.32 Å². The van der Waals surface area contributed by atoms with Gasteiger partial charge in [-0.3, -0.25) is 0 Å². The molecule has 78 valence electrons. The van der Waals surface area contributed by atoms with E-state index >= 15 is 0 Å². The number of rotatable bonds is 3. The zero-order valence-electron chi connectivity index (χ0n) is 7.57. The van der Waals surface area contributed by atoms with Crippen molar-refractivity contribution in [3.05, 3.63) is 12.0 Å². The summed E-state index contributed by atoms with van der Waals surface area (Å²) in [4.78, 5) is 6.84. The van der Waals surface area contributed by atoms with E-state index in [0.29, 0.717) is 0 Å². The summed E-state index contributed by atoms with van der Waals surface area (Å²) >= 11 is 0. The molecule has 2 N–H and O–H groups in total. The number of hydrogen-bond acceptors (Lipinski definition) is 5. The summed E-state index contributed by atoms with van der Waals surface area (Å²) in [5.74, 6) is -0.864. The maximum Gasteiger partial charge on any atom is 0.276 e. The average molecular weight is 220 g/mol. The van der Waals surface area contributed by atoms with Gasteiger partial charge >= 0.3 is 0 Å². The van der Waals surface area contributed by atoms with Gasteiger partial charge in [-0.25, -0.2) is 22.5 Å². The Bertz CT molecular complexity index is 433. The molecule has 1 rings (SSSR count). The molecule has 0 radical (unpaired) electrons. The van der Waals surface area contributed by atoms with Crippen molar-refractivity contribution in [1.29, 1.82) is 0 Å². The third-order valence-electron chi connectivity index (χ3n) is 1.47. The minimum atomic E-state index is -3.73. The lowest BCUT2D eigenvalue weighted by Gasteiger charge is -2.03. The average Bonchev–Trinajstić information content (AvgIpc) is 2.18. The van der Waals surface area contributed by atoms with Gasteiger partial charge in [-0.2, -0.15) is 4.98 Å². The monoisotopic (exact) mass is 220 g/mol. The van der Waals surface area contributed by atoms with Crippen LogP contribution < -0.4 is 10.0 Å². The van der Waals surface area contributed by atoms with Crippen LogP contribution in [0.15, 0.2) is 11.4 Å². The van der Waals surface area contributed by atoms with Crippen LogP contribution in [0.2, 0.25) is 0 Å². The Kier molecular flexibility index (Phi) is 2.96. The van der Waals surface area contributed by atoms with Crippen LogP contribution >= 0.6 is 0 Å². The van der Waals surface area contributed by atoms with Crippen molar-refractivity contribution >= 4 is 15.8 Å². The van der Waals surface area contributed by atoms with Gasteiger partial charge in [0.05, 0.1) is 6.20 Å². The van der Waals surface area contributed by atoms with Crippen molar-refractivity contribution in [2.75, 3.05) is 19.4 Å². The van der Waals surface area contributed by atoms with Gasteiger partial charge in [0.15, 0.2) is 11.6 Å². The third-order valence-corrected chi connectivity index (χ3v) is 2.68. The summed E-state index contributed by atoms with van der Waals surface area (Å²) in [6.07, 6.45) is 0.795. The molecule has 0 saturated carbocycles. The molecule has 0 spiro atoms. The van der Waals surface area contributed by atoms with Crippen LogP contribution in [-0.2, 0) is 10.0 Å². The molecule has 1 heterocycles. The molecular weight excluding hydrogens is 211 g/mol. The molecule has 0 unspecified atom stereocenters. The quantitative estimate of drug-likeness (QED) is 0.675. The van der Waals surface area contributed by atoms with Crippen molar-refractivity contribution in [2.24, 2.45) is 0 Å². The van der Waals surface area contributed by atoms with E-state index in [1.54, 1.807) is 0 Å². The second-order valence-electron chi connectivity index (χ2n) is 2.31. The fourth-order valence-corrected chi connectivity index (χ4v) is 1.33. The van der Waals surface area contributed by atoms with Gasteiger partial charge in [-0.1, -0.05) is 0 Å². The SMILES string of the molecule is CNc1nc(S(=O)(=O)NC)ncc1F. The van der Waals surface area contributed by atoms with E-state index in [2.05, 4.69) is 15.3 Å². The van der Waals surface area contributed by atoms with E-state index in [1.807, 2.05) is 4.72 Å². The van der Waals surface area contributed by atoms with Crippen LogP contribution in [0.5, 0.6) is 0 Å². The molecule has 8 heteroatoms. The molecule has 0 amide bonds. The van der Waals surface area contributed by atoms with E-state index in [-0.39, 0.29) is 5.82 Å². The van der Waals surface area contributed by atoms with Gasteiger partial charge in [0.1, 0.15) is 0 Å². The Hall–Kier alpha value is -1.28. The van der Waals surface area contributed by atoms with Gasteiger partial charge in [-0.05, 0) is 7.05 Å². The highest BCUT2D eigenvalue weighted by molar-refractivity contribution is 7.89. The van der Waals surface area contributed by atoms with Gasteiger partial charge in [0.2, 0.25) is 0 Å². The molecule has 0 bridgehead atoms. The first-order valence-electron chi connectivity index (χ1n) is 3.65. The van der Waals surface area contributed by atoms with Crippen LogP contribution in [0.4, 0.5) is 10.2 Å². The van der Waals surface area contributed by atoms with Gasteiger partial charge in [0.25, 0.3) is 15.2 Å². The van der Waals surface area contributed by atoms with Crippen molar-refractivity contribution < 1.29 is 12.8 Å². The molecular formula is C6H9FN4O2S. The van der Waals surface area contributed by atoms with Crippen molar-refractivity contribution in [3.63, 3.8) is 0 Å². The number of hydrogen-bond donors (Lipinski definition) is 2. The number of aromatic nitrogens is 2. The molecule has 0 fully saturated rings. The molecule has 0 saturated heterocycles. The standard InChI is InChI=1S/C6H9FN4O2S/c1-8-5-4(7)3-10-6(11-5)14(12,13)9-2/h3,9H,1-2H3,(H,8,10,11). The Balaban J connectivity index is 3.26. The Morgan fingerprint density at radius 3 is 2.57 bits per heavy atom. The minimum absolute atomic E-state index is 0.158. The van der Waals surface area contributed by atoms with Crippen LogP contribution in [0.1, 0.15) is 0 Å². The second kappa shape index (κ2) is 3.84. The topological polar surface area (TPSA) is 84.0 Å². The number of nitrogens with zero attached hydrogens (tertiary/aromatic N) is 2. The first-order chi connectivity index (χ1) is 6.51. The first kappa shape index (κ1) is 10.8. The third kappa shape index (κ3) is 1.96. The summed E-state index contributed by atoms with van der Waals surface area (Å²) in [6, 6.07) is 0. The zero-order valence-corrected chi connectivity index (χ0v) is 8.39. The normalized spacial score (nSPS) is 11.4. The molecule has 1 aromatic heterocycles. The lowest BCUT2D eigenvalue weighted by atomic mass is 10.5. The molecule has 0 aromatic carbocycles. The van der Waals surface area contributed by atoms with E-state index in [4.69, 9.17) is 0 Å². The number of sulfonamides is 1. The predicted molar refractivity (Wildman–Crippen MR) is 47.8 cm³/mol. The fraction of sp³-hybridized carbons (Fsp3) is 0.333. The van der Waals surface area contributed by atoms with E-state index in [0.717, 1.165) is 6.20 Å². The summed E-state index contributed by atoms with van der Waals surface area (Å²) in [7, 11) is -1.07. The Labute approximate surface area is 80.6 Å². The van der Waals surface area contributed by atoms with Crippen LogP contribution in [0.25, 0.3) is 0 Å². The van der Waals surface area contributed by atoms with E-state index in [1.165, 1.54) is 14.1 Å². The second-order valence-corrected chi connectivity index (χ2v) is 4.09. The molecule has 14 heavy (non-hydrogen) atoms. The highest BCUT2D eigenvalue weighted by Crippen LogP contribution is 2.10. The largest absolute Gasteiger partial charge is 0.371 e. The maximum atomic E-state index is 12.9. The lowest BCUT2D eigenvalue weighted by Crippen LogP contribution is -2.21.